The van der Waals surface area contributed by atoms with E-state index in [9.17, 15) is 17.6 Å². The van der Waals surface area contributed by atoms with Gasteiger partial charge in [0.25, 0.3) is 0 Å². The molecule has 5 heteroatoms. The molecule has 15 heavy (non-hydrogen) atoms. The molecule has 3 unspecified atom stereocenters. The topological polar surface area (TPSA) is 0 Å². The van der Waals surface area contributed by atoms with E-state index in [2.05, 4.69) is 0 Å². The van der Waals surface area contributed by atoms with Crippen LogP contribution in [0.25, 0.3) is 0 Å². The molecular weight excluding hydrogens is 276 g/mol. The van der Waals surface area contributed by atoms with Crippen LogP contribution < -0.4 is 0 Å². The van der Waals surface area contributed by atoms with E-state index in [1.807, 2.05) is 0 Å². The second-order valence-electron chi connectivity index (χ2n) is 4.18. The first-order valence-electron chi connectivity index (χ1n) is 4.79. The fourth-order valence-corrected chi connectivity index (χ4v) is 2.18. The lowest BCUT2D eigenvalue weighted by atomic mass is 9.77. The second-order valence-corrected chi connectivity index (χ2v) is 5.18. The van der Waals surface area contributed by atoms with Gasteiger partial charge in [0.05, 0.1) is 0 Å². The molecule has 88 valence electrons. The van der Waals surface area contributed by atoms with E-state index in [-0.39, 0.29) is 12.3 Å². The zero-order valence-corrected chi connectivity index (χ0v) is 10.1. The van der Waals surface area contributed by atoms with E-state index < -0.39 is 22.6 Å². The van der Waals surface area contributed by atoms with Crippen LogP contribution in [0.4, 0.5) is 17.6 Å². The van der Waals surface area contributed by atoms with Crippen LogP contribution in [0.3, 0.4) is 0 Å². The van der Waals surface area contributed by atoms with Crippen LogP contribution in [0.5, 0.6) is 0 Å². The minimum absolute atomic E-state index is 0.0769. The Balaban J connectivity index is 2.92. The first-order chi connectivity index (χ1) is 6.66. The van der Waals surface area contributed by atoms with Crippen molar-refractivity contribution in [3.05, 3.63) is 12.2 Å². The summed E-state index contributed by atoms with van der Waals surface area (Å²) in [4.78, 5) is -4.14. The Morgan fingerprint density at radius 2 is 1.67 bits per heavy atom. The van der Waals surface area contributed by atoms with E-state index in [1.165, 1.54) is 0 Å². The van der Waals surface area contributed by atoms with Gasteiger partial charge in [0, 0.05) is 5.92 Å². The number of rotatable bonds is 2. The number of alkyl halides is 5. The highest BCUT2D eigenvalue weighted by Gasteiger charge is 2.60. The van der Waals surface area contributed by atoms with Gasteiger partial charge in [-0.25, -0.2) is 0 Å². The van der Waals surface area contributed by atoms with Crippen molar-refractivity contribution in [2.24, 2.45) is 17.8 Å². The Hall–Kier alpha value is -0.0600. The Kier molecular flexibility index (Phi) is 3.53. The highest BCUT2D eigenvalue weighted by Crippen LogP contribution is 2.50. The van der Waals surface area contributed by atoms with Crippen molar-refractivity contribution in [1.29, 1.82) is 0 Å². The van der Waals surface area contributed by atoms with Gasteiger partial charge in [-0.15, -0.1) is 0 Å². The Labute approximate surface area is 94.9 Å². The van der Waals surface area contributed by atoms with Crippen LogP contribution in [-0.4, -0.2) is 10.8 Å². The molecule has 0 aliphatic heterocycles. The summed E-state index contributed by atoms with van der Waals surface area (Å²) < 4.78 is 52.3. The largest absolute Gasteiger partial charge is 0.363 e. The SMILES string of the molecule is CC1C=CC(C)C(C(F)(F)C(F)(F)Br)C1. The molecule has 0 N–H and O–H groups in total. The number of halogens is 5. The molecule has 0 heterocycles. The van der Waals surface area contributed by atoms with E-state index in [1.54, 1.807) is 41.9 Å². The molecule has 0 saturated carbocycles. The van der Waals surface area contributed by atoms with Crippen LogP contribution in [0.15, 0.2) is 12.2 Å². The average molecular weight is 289 g/mol. The summed E-state index contributed by atoms with van der Waals surface area (Å²) in [5.41, 5.74) is 0. The van der Waals surface area contributed by atoms with Gasteiger partial charge in [0.1, 0.15) is 0 Å². The molecule has 0 spiro atoms. The summed E-state index contributed by atoms with van der Waals surface area (Å²) in [5, 5.41) is 0. The van der Waals surface area contributed by atoms with Gasteiger partial charge in [-0.1, -0.05) is 26.0 Å². The maximum atomic E-state index is 13.4. The minimum atomic E-state index is -4.14. The Morgan fingerprint density at radius 3 is 2.13 bits per heavy atom. The summed E-state index contributed by atoms with van der Waals surface area (Å²) in [6, 6.07) is 0. The monoisotopic (exact) mass is 288 g/mol. The molecule has 0 bridgehead atoms. The van der Waals surface area contributed by atoms with Crippen molar-refractivity contribution in [1.82, 2.24) is 0 Å². The van der Waals surface area contributed by atoms with Crippen LogP contribution in [0, 0.1) is 17.8 Å². The van der Waals surface area contributed by atoms with Crippen molar-refractivity contribution in [2.75, 3.05) is 0 Å². The minimum Gasteiger partial charge on any atom is -0.198 e. The fraction of sp³-hybridized carbons (Fsp3) is 0.800. The van der Waals surface area contributed by atoms with E-state index in [0.29, 0.717) is 0 Å². The number of hydrogen-bond acceptors (Lipinski definition) is 0. The first-order valence-corrected chi connectivity index (χ1v) is 5.58. The summed E-state index contributed by atoms with van der Waals surface area (Å²) in [6.45, 7) is 3.29. The van der Waals surface area contributed by atoms with Crippen LogP contribution in [-0.2, 0) is 0 Å². The standard InChI is InChI=1S/C10H13BrF4/c1-6-3-4-7(2)8(5-6)9(12,13)10(11,14)15/h3-4,6-8H,5H2,1-2H3. The highest BCUT2D eigenvalue weighted by atomic mass is 79.9. The van der Waals surface area contributed by atoms with Crippen molar-refractivity contribution in [2.45, 2.75) is 31.0 Å². The second kappa shape index (κ2) is 4.07. The lowest BCUT2D eigenvalue weighted by Crippen LogP contribution is -2.46. The molecule has 0 aromatic rings. The summed E-state index contributed by atoms with van der Waals surface area (Å²) in [7, 11) is 0. The molecule has 3 atom stereocenters. The third kappa shape index (κ3) is 2.55. The van der Waals surface area contributed by atoms with Crippen molar-refractivity contribution in [3.8, 4) is 0 Å². The smallest absolute Gasteiger partial charge is 0.198 e. The molecule has 0 nitrogen and oxygen atoms in total. The van der Waals surface area contributed by atoms with E-state index in [4.69, 9.17) is 0 Å². The summed E-state index contributed by atoms with van der Waals surface area (Å²) in [6.07, 6.45) is 3.47. The Bertz CT molecular complexity index is 257. The number of hydrogen-bond donors (Lipinski definition) is 0. The predicted octanol–water partition coefficient (Wildman–Crippen LogP) is 4.46. The van der Waals surface area contributed by atoms with Crippen LogP contribution in [0.2, 0.25) is 0 Å². The van der Waals surface area contributed by atoms with Gasteiger partial charge in [-0.05, 0) is 34.2 Å². The molecule has 1 aliphatic rings. The summed E-state index contributed by atoms with van der Waals surface area (Å²) >= 11 is 1.78. The summed E-state index contributed by atoms with van der Waals surface area (Å²) in [5.74, 6) is -5.93. The molecule has 0 saturated heterocycles. The molecule has 0 aromatic heterocycles. The zero-order valence-electron chi connectivity index (χ0n) is 8.48. The third-order valence-electron chi connectivity index (χ3n) is 2.85. The van der Waals surface area contributed by atoms with E-state index in [0.717, 1.165) is 0 Å². The zero-order chi connectivity index (χ0) is 11.9. The van der Waals surface area contributed by atoms with Crippen molar-refractivity contribution < 1.29 is 17.6 Å². The number of allylic oxidation sites excluding steroid dienone is 2. The average Bonchev–Trinajstić information content (AvgIpc) is 2.07. The highest BCUT2D eigenvalue weighted by molar-refractivity contribution is 9.10. The van der Waals surface area contributed by atoms with Gasteiger partial charge >= 0.3 is 10.8 Å². The first kappa shape index (κ1) is 13.0. The van der Waals surface area contributed by atoms with Gasteiger partial charge in [-0.2, -0.15) is 17.6 Å². The Morgan fingerprint density at radius 1 is 1.13 bits per heavy atom. The maximum absolute atomic E-state index is 13.4. The molecular formula is C10H13BrF4. The van der Waals surface area contributed by atoms with Crippen molar-refractivity contribution in [3.63, 3.8) is 0 Å². The molecule has 0 aromatic carbocycles. The maximum Gasteiger partial charge on any atom is 0.363 e. The van der Waals surface area contributed by atoms with Gasteiger partial charge in [0.2, 0.25) is 0 Å². The molecule has 0 radical (unpaired) electrons. The lowest BCUT2D eigenvalue weighted by Gasteiger charge is -2.36. The fourth-order valence-electron chi connectivity index (χ4n) is 1.88. The van der Waals surface area contributed by atoms with Crippen LogP contribution >= 0.6 is 15.9 Å². The predicted molar refractivity (Wildman–Crippen MR) is 54.4 cm³/mol. The normalized spacial score (nSPS) is 33.1. The third-order valence-corrected chi connectivity index (χ3v) is 3.38. The van der Waals surface area contributed by atoms with Gasteiger partial charge in [0.15, 0.2) is 0 Å². The molecule has 0 fully saturated rings. The molecule has 0 amide bonds. The van der Waals surface area contributed by atoms with Crippen molar-refractivity contribution >= 4 is 15.9 Å². The lowest BCUT2D eigenvalue weighted by molar-refractivity contribution is -0.192. The van der Waals surface area contributed by atoms with Gasteiger partial charge < -0.3 is 0 Å². The van der Waals surface area contributed by atoms with E-state index >= 15 is 0 Å². The van der Waals surface area contributed by atoms with Crippen LogP contribution in [0.1, 0.15) is 20.3 Å². The molecule has 1 aliphatic carbocycles. The quantitative estimate of drug-likeness (QED) is 0.400. The molecule has 1 rings (SSSR count). The van der Waals surface area contributed by atoms with Gasteiger partial charge in [-0.3, -0.25) is 0 Å².